The Balaban J connectivity index is 1.97. The van der Waals surface area contributed by atoms with Crippen molar-refractivity contribution in [1.82, 2.24) is 19.5 Å². The van der Waals surface area contributed by atoms with Crippen LogP contribution in [0.2, 0.25) is 5.15 Å². The molecule has 0 unspecified atom stereocenters. The molecule has 2 heterocycles. The summed E-state index contributed by atoms with van der Waals surface area (Å²) in [7, 11) is 0. The number of rotatable bonds is 3. The lowest BCUT2D eigenvalue weighted by molar-refractivity contribution is 0.0815. The highest BCUT2D eigenvalue weighted by Gasteiger charge is 2.36. The van der Waals surface area contributed by atoms with Crippen molar-refractivity contribution >= 4 is 34.9 Å². The molecule has 4 N–H and O–H groups in total. The van der Waals surface area contributed by atoms with E-state index in [1.165, 1.54) is 0 Å². The second kappa shape index (κ2) is 4.44. The molecule has 0 aliphatic heterocycles. The Morgan fingerprint density at radius 3 is 3.11 bits per heavy atom. The monoisotopic (exact) mass is 281 g/mol. The van der Waals surface area contributed by atoms with E-state index in [1.54, 1.807) is 10.9 Å². The Kier molecular flexibility index (Phi) is 2.89. The van der Waals surface area contributed by atoms with E-state index in [2.05, 4.69) is 15.0 Å². The average molecular weight is 282 g/mol. The summed E-state index contributed by atoms with van der Waals surface area (Å²) < 4.78 is 1.69. The van der Waals surface area contributed by atoms with Crippen molar-refractivity contribution in [3.63, 3.8) is 0 Å². The molecule has 100 valence electrons. The van der Waals surface area contributed by atoms with E-state index < -0.39 is 6.10 Å². The number of aliphatic hydroxyl groups excluding tert-OH is 2. The molecule has 2 atom stereocenters. The molecule has 19 heavy (non-hydrogen) atoms. The van der Waals surface area contributed by atoms with Gasteiger partial charge in [0.25, 0.3) is 0 Å². The average Bonchev–Trinajstić information content (AvgIpc) is 3.02. The molecule has 0 radical (unpaired) electrons. The van der Waals surface area contributed by atoms with E-state index in [9.17, 15) is 5.11 Å². The molecule has 8 heteroatoms. The maximum absolute atomic E-state index is 9.52. The van der Waals surface area contributed by atoms with Gasteiger partial charge in [-0.2, -0.15) is 9.97 Å². The summed E-state index contributed by atoms with van der Waals surface area (Å²) in [5.41, 5.74) is 7.58. The zero-order valence-electron chi connectivity index (χ0n) is 9.86. The standard InChI is InChI=1S/C11H12ClN5O2/c12-9-8-10(16-11(13)15-9)17(4-14-8)2-5-1-6(5)7(19)3-18/h2,4,6-7,18-19H,1,3H2,(H2,13,15,16)/b5-2+/t6-,7+/m0/s1. The second-order valence-corrected chi connectivity index (χ2v) is 4.82. The van der Waals surface area contributed by atoms with Gasteiger partial charge in [0.1, 0.15) is 11.8 Å². The van der Waals surface area contributed by atoms with Crippen LogP contribution in [0.4, 0.5) is 5.95 Å². The summed E-state index contributed by atoms with van der Waals surface area (Å²) in [5, 5.41) is 18.6. The highest BCUT2D eigenvalue weighted by molar-refractivity contribution is 6.33. The van der Waals surface area contributed by atoms with Crippen LogP contribution in [0.5, 0.6) is 0 Å². The lowest BCUT2D eigenvalue weighted by atomic mass is 10.2. The number of aliphatic hydroxyl groups is 2. The van der Waals surface area contributed by atoms with E-state index in [0.29, 0.717) is 11.2 Å². The number of fused-ring (bicyclic) bond motifs is 1. The third-order valence-corrected chi connectivity index (χ3v) is 3.39. The topological polar surface area (TPSA) is 110 Å². The van der Waals surface area contributed by atoms with E-state index in [1.807, 2.05) is 6.20 Å². The SMILES string of the molecule is Nc1nc(Cl)c2ncn(/C=C3\C[C@@H]3[C@H](O)CO)c2n1. The maximum atomic E-state index is 9.52. The van der Waals surface area contributed by atoms with Crippen molar-refractivity contribution in [3.05, 3.63) is 17.1 Å². The largest absolute Gasteiger partial charge is 0.394 e. The van der Waals surface area contributed by atoms with Gasteiger partial charge >= 0.3 is 0 Å². The molecular weight excluding hydrogens is 270 g/mol. The van der Waals surface area contributed by atoms with Crippen molar-refractivity contribution in [2.24, 2.45) is 5.92 Å². The minimum Gasteiger partial charge on any atom is -0.394 e. The van der Waals surface area contributed by atoms with Crippen LogP contribution in [0.25, 0.3) is 17.4 Å². The van der Waals surface area contributed by atoms with Gasteiger partial charge in [0.15, 0.2) is 10.8 Å². The lowest BCUT2D eigenvalue weighted by Gasteiger charge is -2.02. The molecule has 0 saturated heterocycles. The molecule has 1 aliphatic rings. The Labute approximate surface area is 113 Å². The Hall–Kier alpha value is -1.70. The number of nitrogen functional groups attached to an aromatic ring is 1. The Morgan fingerprint density at radius 1 is 1.58 bits per heavy atom. The maximum Gasteiger partial charge on any atom is 0.223 e. The summed E-state index contributed by atoms with van der Waals surface area (Å²) in [5.74, 6) is 0.0810. The molecule has 1 aliphatic carbocycles. The van der Waals surface area contributed by atoms with Crippen LogP contribution >= 0.6 is 11.6 Å². The van der Waals surface area contributed by atoms with Gasteiger partial charge < -0.3 is 15.9 Å². The fourth-order valence-electron chi connectivity index (χ4n) is 2.02. The molecule has 0 aromatic carbocycles. The highest BCUT2D eigenvalue weighted by Crippen LogP contribution is 2.41. The number of aromatic nitrogens is 4. The predicted molar refractivity (Wildman–Crippen MR) is 70.2 cm³/mol. The third kappa shape index (κ3) is 2.16. The molecule has 7 nitrogen and oxygen atoms in total. The Bertz CT molecular complexity index is 668. The quantitative estimate of drug-likeness (QED) is 0.697. The fraction of sp³-hybridized carbons (Fsp3) is 0.364. The number of imidazole rings is 1. The highest BCUT2D eigenvalue weighted by atomic mass is 35.5. The number of halogens is 1. The van der Waals surface area contributed by atoms with Crippen LogP contribution in [-0.2, 0) is 0 Å². The van der Waals surface area contributed by atoms with Crippen LogP contribution in [0.15, 0.2) is 11.9 Å². The van der Waals surface area contributed by atoms with Gasteiger partial charge in [0.05, 0.1) is 12.7 Å². The number of hydrogen-bond donors (Lipinski definition) is 3. The number of hydrogen-bond acceptors (Lipinski definition) is 6. The van der Waals surface area contributed by atoms with Gasteiger partial charge in [-0.05, 0) is 12.0 Å². The first kappa shape index (κ1) is 12.3. The van der Waals surface area contributed by atoms with Crippen LogP contribution in [0.3, 0.4) is 0 Å². The lowest BCUT2D eigenvalue weighted by Crippen LogP contribution is -2.14. The molecule has 1 saturated carbocycles. The molecule has 0 amide bonds. The van der Waals surface area contributed by atoms with Gasteiger partial charge in [-0.3, -0.25) is 4.57 Å². The first-order valence-electron chi connectivity index (χ1n) is 5.75. The zero-order valence-corrected chi connectivity index (χ0v) is 10.6. The molecule has 3 rings (SSSR count). The van der Waals surface area contributed by atoms with Crippen molar-refractivity contribution in [2.75, 3.05) is 12.3 Å². The van der Waals surface area contributed by atoms with Gasteiger partial charge in [-0.1, -0.05) is 11.6 Å². The summed E-state index contributed by atoms with van der Waals surface area (Å²) >= 11 is 5.93. The van der Waals surface area contributed by atoms with Crippen molar-refractivity contribution < 1.29 is 10.2 Å². The molecular formula is C11H12ClN5O2. The normalized spacial score (nSPS) is 22.1. The van der Waals surface area contributed by atoms with E-state index >= 15 is 0 Å². The van der Waals surface area contributed by atoms with Crippen LogP contribution in [0, 0.1) is 5.92 Å². The molecule has 0 bridgehead atoms. The van der Waals surface area contributed by atoms with Gasteiger partial charge in [0.2, 0.25) is 5.95 Å². The third-order valence-electron chi connectivity index (χ3n) is 3.12. The minimum absolute atomic E-state index is 0.00268. The van der Waals surface area contributed by atoms with Crippen molar-refractivity contribution in [2.45, 2.75) is 12.5 Å². The molecule has 0 spiro atoms. The Morgan fingerprint density at radius 2 is 2.37 bits per heavy atom. The zero-order chi connectivity index (χ0) is 13.6. The smallest absolute Gasteiger partial charge is 0.223 e. The van der Waals surface area contributed by atoms with E-state index in [0.717, 1.165) is 12.0 Å². The summed E-state index contributed by atoms with van der Waals surface area (Å²) in [6, 6.07) is 0. The van der Waals surface area contributed by atoms with Crippen molar-refractivity contribution in [3.8, 4) is 0 Å². The first-order valence-corrected chi connectivity index (χ1v) is 6.13. The summed E-state index contributed by atoms with van der Waals surface area (Å²) in [6.07, 6.45) is 3.42. The van der Waals surface area contributed by atoms with E-state index in [4.69, 9.17) is 22.4 Å². The molecule has 2 aromatic rings. The second-order valence-electron chi connectivity index (χ2n) is 4.46. The van der Waals surface area contributed by atoms with Gasteiger partial charge in [-0.25, -0.2) is 4.98 Å². The molecule has 1 fully saturated rings. The van der Waals surface area contributed by atoms with Crippen LogP contribution in [0.1, 0.15) is 6.42 Å². The number of anilines is 1. The summed E-state index contributed by atoms with van der Waals surface area (Å²) in [4.78, 5) is 12.0. The fourth-order valence-corrected chi connectivity index (χ4v) is 2.24. The van der Waals surface area contributed by atoms with Crippen LogP contribution in [-0.4, -0.2) is 42.4 Å². The predicted octanol–water partition coefficient (Wildman–Crippen LogP) is 0.276. The van der Waals surface area contributed by atoms with Crippen molar-refractivity contribution in [1.29, 1.82) is 0 Å². The number of nitrogens with zero attached hydrogens (tertiary/aromatic N) is 4. The van der Waals surface area contributed by atoms with Crippen LogP contribution < -0.4 is 5.73 Å². The first-order chi connectivity index (χ1) is 9.10. The number of nitrogens with two attached hydrogens (primary N) is 1. The molecule has 2 aromatic heterocycles. The summed E-state index contributed by atoms with van der Waals surface area (Å²) in [6.45, 7) is -0.242. The van der Waals surface area contributed by atoms with Gasteiger partial charge in [-0.15, -0.1) is 0 Å². The van der Waals surface area contributed by atoms with Gasteiger partial charge in [0, 0.05) is 12.1 Å². The van der Waals surface area contributed by atoms with E-state index in [-0.39, 0.29) is 23.6 Å². The minimum atomic E-state index is -0.718.